The van der Waals surface area contributed by atoms with E-state index in [0.717, 1.165) is 0 Å². The highest BCUT2D eigenvalue weighted by Gasteiger charge is 2.13. The fourth-order valence-corrected chi connectivity index (χ4v) is 1.85. The lowest BCUT2D eigenvalue weighted by Crippen LogP contribution is -2.31. The smallest absolute Gasteiger partial charge is 0.423 e. The lowest BCUT2D eigenvalue weighted by Gasteiger charge is -2.10. The Hall–Kier alpha value is -2.32. The van der Waals surface area contributed by atoms with Crippen molar-refractivity contribution in [3.63, 3.8) is 0 Å². The maximum atomic E-state index is 11.9. The predicted molar refractivity (Wildman–Crippen MR) is 85.2 cm³/mol. The van der Waals surface area contributed by atoms with E-state index in [4.69, 9.17) is 20.1 Å². The first-order valence-corrected chi connectivity index (χ1v) is 6.46. The summed E-state index contributed by atoms with van der Waals surface area (Å²) in [7, 11) is -3.24. The first-order chi connectivity index (χ1) is 10.5. The van der Waals surface area contributed by atoms with Gasteiger partial charge in [-0.25, -0.2) is 4.79 Å². The number of hydrogen-bond donors (Lipinski definition) is 6. The van der Waals surface area contributed by atoms with E-state index in [1.54, 1.807) is 24.3 Å². The minimum Gasteiger partial charge on any atom is -0.423 e. The molecule has 7 nitrogen and oxygen atoms in total. The number of rotatable bonds is 4. The molecule has 0 saturated carbocycles. The van der Waals surface area contributed by atoms with Crippen molar-refractivity contribution >= 4 is 42.6 Å². The fraction of sp³-hybridized carbons (Fsp3) is 0. The Morgan fingerprint density at radius 1 is 0.773 bits per heavy atom. The molecule has 0 heterocycles. The lowest BCUT2D eigenvalue weighted by molar-refractivity contribution is 0.262. The molecular weight excluding hydrogens is 286 g/mol. The van der Waals surface area contributed by atoms with E-state index in [0.29, 0.717) is 11.4 Å². The summed E-state index contributed by atoms with van der Waals surface area (Å²) in [5, 5.41) is 41.4. The van der Waals surface area contributed by atoms with Crippen LogP contribution in [0.25, 0.3) is 0 Å². The number of carbonyl (C=O) groups excluding carboxylic acids is 1. The van der Waals surface area contributed by atoms with E-state index < -0.39 is 20.3 Å². The van der Waals surface area contributed by atoms with E-state index in [9.17, 15) is 4.79 Å². The number of benzene rings is 2. The molecule has 6 N–H and O–H groups in total. The van der Waals surface area contributed by atoms with Crippen LogP contribution in [-0.4, -0.2) is 40.4 Å². The van der Waals surface area contributed by atoms with E-state index in [2.05, 4.69) is 10.6 Å². The van der Waals surface area contributed by atoms with Gasteiger partial charge < -0.3 is 30.7 Å². The molecule has 2 amide bonds. The maximum absolute atomic E-state index is 11.9. The van der Waals surface area contributed by atoms with Gasteiger partial charge in [-0.15, -0.1) is 0 Å². The molecule has 0 spiro atoms. The molecular formula is C13H14B2N2O5. The third kappa shape index (κ3) is 4.34. The highest BCUT2D eigenvalue weighted by molar-refractivity contribution is 6.59. The zero-order valence-electron chi connectivity index (χ0n) is 11.5. The molecule has 0 atom stereocenters. The summed E-state index contributed by atoms with van der Waals surface area (Å²) < 4.78 is 0. The molecule has 112 valence electrons. The van der Waals surface area contributed by atoms with E-state index in [1.807, 2.05) is 0 Å². The summed E-state index contributed by atoms with van der Waals surface area (Å²) in [6, 6.07) is 11.7. The van der Waals surface area contributed by atoms with Gasteiger partial charge in [0.15, 0.2) is 0 Å². The average molecular weight is 300 g/mol. The molecule has 0 bridgehead atoms. The predicted octanol–water partition coefficient (Wildman–Crippen LogP) is -1.31. The van der Waals surface area contributed by atoms with Crippen LogP contribution in [0.1, 0.15) is 0 Å². The van der Waals surface area contributed by atoms with Crippen LogP contribution in [0, 0.1) is 0 Å². The van der Waals surface area contributed by atoms with Crippen molar-refractivity contribution in [2.24, 2.45) is 0 Å². The van der Waals surface area contributed by atoms with Gasteiger partial charge in [-0.2, -0.15) is 0 Å². The third-order valence-electron chi connectivity index (χ3n) is 2.89. The first-order valence-electron chi connectivity index (χ1n) is 6.46. The van der Waals surface area contributed by atoms with Gasteiger partial charge in [0.05, 0.1) is 0 Å². The quantitative estimate of drug-likeness (QED) is 0.392. The lowest BCUT2D eigenvalue weighted by atomic mass is 9.80. The normalized spacial score (nSPS) is 10.0. The maximum Gasteiger partial charge on any atom is 0.488 e. The fourth-order valence-electron chi connectivity index (χ4n) is 1.85. The minimum atomic E-state index is -1.62. The number of urea groups is 1. The zero-order chi connectivity index (χ0) is 16.1. The van der Waals surface area contributed by atoms with Gasteiger partial charge in [0.1, 0.15) is 0 Å². The van der Waals surface area contributed by atoms with Gasteiger partial charge in [0.2, 0.25) is 0 Å². The van der Waals surface area contributed by atoms with Gasteiger partial charge in [-0.3, -0.25) is 0 Å². The van der Waals surface area contributed by atoms with Crippen LogP contribution in [0.4, 0.5) is 16.2 Å². The van der Waals surface area contributed by atoms with E-state index in [-0.39, 0.29) is 10.9 Å². The summed E-state index contributed by atoms with van der Waals surface area (Å²) in [5.74, 6) is 0. The van der Waals surface area contributed by atoms with E-state index >= 15 is 0 Å². The molecule has 0 unspecified atom stereocenters. The molecule has 22 heavy (non-hydrogen) atoms. The number of nitrogens with one attached hydrogen (secondary N) is 2. The van der Waals surface area contributed by atoms with Crippen molar-refractivity contribution in [2.45, 2.75) is 0 Å². The highest BCUT2D eigenvalue weighted by atomic mass is 16.4. The van der Waals surface area contributed by atoms with Crippen molar-refractivity contribution in [3.05, 3.63) is 48.5 Å². The molecule has 0 radical (unpaired) electrons. The van der Waals surface area contributed by atoms with Crippen molar-refractivity contribution in [2.75, 3.05) is 10.6 Å². The van der Waals surface area contributed by atoms with Crippen molar-refractivity contribution in [3.8, 4) is 0 Å². The Kier molecular flexibility index (Phi) is 5.18. The van der Waals surface area contributed by atoms with Crippen molar-refractivity contribution < 1.29 is 24.9 Å². The van der Waals surface area contributed by atoms with Crippen LogP contribution in [0.3, 0.4) is 0 Å². The van der Waals surface area contributed by atoms with Crippen LogP contribution >= 0.6 is 0 Å². The molecule has 0 fully saturated rings. The second-order valence-corrected chi connectivity index (χ2v) is 4.58. The number of anilines is 2. The Labute approximate surface area is 127 Å². The Balaban J connectivity index is 2.04. The Bertz CT molecular complexity index is 611. The zero-order valence-corrected chi connectivity index (χ0v) is 11.5. The summed E-state index contributed by atoms with van der Waals surface area (Å²) in [5.41, 5.74) is 1.29. The molecule has 0 aliphatic rings. The average Bonchev–Trinajstić information content (AvgIpc) is 2.47. The first kappa shape index (κ1) is 16.1. The number of amides is 2. The summed E-state index contributed by atoms with van der Waals surface area (Å²) in [6.07, 6.45) is 0. The number of hydrogen-bond acceptors (Lipinski definition) is 5. The molecule has 2 aromatic carbocycles. The van der Waals surface area contributed by atoms with Crippen molar-refractivity contribution in [1.82, 2.24) is 0 Å². The number of carbonyl (C=O) groups is 1. The standard InChI is InChI=1S/C13H14B2N2O5/c18-13(16-11-5-1-3-9(7-11)14(19)20)17-12-6-2-4-10(8-12)15(21)22/h1-8,19-22H,(H2,16,17,18). The third-order valence-corrected chi connectivity index (χ3v) is 2.89. The molecule has 0 aromatic heterocycles. The SMILES string of the molecule is O=C(Nc1cccc(B(O)O)c1)Nc1cccc(B(O)O)c1. The van der Waals surface area contributed by atoms with Crippen LogP contribution in [-0.2, 0) is 0 Å². The largest absolute Gasteiger partial charge is 0.488 e. The second kappa shape index (κ2) is 7.10. The van der Waals surface area contributed by atoms with Gasteiger partial charge >= 0.3 is 20.3 Å². The molecule has 2 rings (SSSR count). The molecule has 2 aromatic rings. The highest BCUT2D eigenvalue weighted by Crippen LogP contribution is 2.08. The van der Waals surface area contributed by atoms with Crippen LogP contribution in [0.2, 0.25) is 0 Å². The summed E-state index contributed by atoms with van der Waals surface area (Å²) in [6.45, 7) is 0. The molecule has 0 saturated heterocycles. The molecule has 0 aliphatic heterocycles. The van der Waals surface area contributed by atoms with Gasteiger partial charge in [-0.05, 0) is 35.2 Å². The minimum absolute atomic E-state index is 0.253. The molecule has 9 heteroatoms. The van der Waals surface area contributed by atoms with E-state index in [1.165, 1.54) is 24.3 Å². The van der Waals surface area contributed by atoms with Crippen LogP contribution in [0.5, 0.6) is 0 Å². The summed E-state index contributed by atoms with van der Waals surface area (Å²) in [4.78, 5) is 11.9. The van der Waals surface area contributed by atoms with Gasteiger partial charge in [0.25, 0.3) is 0 Å². The summed E-state index contributed by atoms with van der Waals surface area (Å²) >= 11 is 0. The topological polar surface area (TPSA) is 122 Å². The molecule has 0 aliphatic carbocycles. The Morgan fingerprint density at radius 2 is 1.18 bits per heavy atom. The van der Waals surface area contributed by atoms with Gasteiger partial charge in [0, 0.05) is 11.4 Å². The van der Waals surface area contributed by atoms with Crippen molar-refractivity contribution in [1.29, 1.82) is 0 Å². The van der Waals surface area contributed by atoms with Crippen LogP contribution < -0.4 is 21.6 Å². The Morgan fingerprint density at radius 3 is 1.55 bits per heavy atom. The second-order valence-electron chi connectivity index (χ2n) is 4.58. The monoisotopic (exact) mass is 300 g/mol. The van der Waals surface area contributed by atoms with Gasteiger partial charge in [-0.1, -0.05) is 24.3 Å². The van der Waals surface area contributed by atoms with Crippen LogP contribution in [0.15, 0.2) is 48.5 Å².